The minimum atomic E-state index is 0.0432. The van der Waals surface area contributed by atoms with Crippen molar-refractivity contribution < 1.29 is 4.79 Å². The molecule has 0 saturated heterocycles. The number of carbonyl (C=O) groups is 1. The van der Waals surface area contributed by atoms with Gasteiger partial charge in [0.05, 0.1) is 0 Å². The number of benzene rings is 1. The number of thiol groups is 1. The van der Waals surface area contributed by atoms with Gasteiger partial charge in [-0.1, -0.05) is 37.3 Å². The molecule has 0 aliphatic heterocycles. The molecule has 1 aromatic rings. The van der Waals surface area contributed by atoms with Gasteiger partial charge in [0, 0.05) is 17.7 Å². The van der Waals surface area contributed by atoms with Crippen molar-refractivity contribution in [3.8, 4) is 0 Å². The van der Waals surface area contributed by atoms with Crippen LogP contribution in [-0.4, -0.2) is 11.9 Å². The first-order valence-corrected chi connectivity index (χ1v) is 5.69. The van der Waals surface area contributed by atoms with Gasteiger partial charge in [0.15, 0.2) is 0 Å². The Labute approximate surface area is 96.5 Å². The van der Waals surface area contributed by atoms with Crippen LogP contribution in [0.2, 0.25) is 0 Å². The molecule has 0 aliphatic rings. The molecule has 1 amide bonds. The van der Waals surface area contributed by atoms with Crippen molar-refractivity contribution in [3.63, 3.8) is 0 Å². The number of hydrogen-bond acceptors (Lipinski definition) is 2. The van der Waals surface area contributed by atoms with Crippen LogP contribution in [0.5, 0.6) is 0 Å². The lowest BCUT2D eigenvalue weighted by atomic mass is 10.1. The molecule has 2 unspecified atom stereocenters. The standard InChI is InChI=1S/C12H17NOS/c1-3-11(14)13-9(2)12(15)10-7-5-4-6-8-10/h4-9,12,15H,3H2,1-2H3,(H,13,14). The molecule has 1 N–H and O–H groups in total. The Morgan fingerprint density at radius 2 is 2.00 bits per heavy atom. The lowest BCUT2D eigenvalue weighted by Crippen LogP contribution is -2.34. The van der Waals surface area contributed by atoms with Crippen molar-refractivity contribution in [2.75, 3.05) is 0 Å². The molecular formula is C12H17NOS. The molecular weight excluding hydrogens is 206 g/mol. The van der Waals surface area contributed by atoms with Crippen LogP contribution in [0.3, 0.4) is 0 Å². The largest absolute Gasteiger partial charge is 0.352 e. The van der Waals surface area contributed by atoms with E-state index in [1.807, 2.05) is 44.2 Å². The first kappa shape index (κ1) is 12.1. The van der Waals surface area contributed by atoms with E-state index in [0.29, 0.717) is 6.42 Å². The Morgan fingerprint density at radius 1 is 1.40 bits per heavy atom. The van der Waals surface area contributed by atoms with Crippen molar-refractivity contribution in [2.24, 2.45) is 0 Å². The summed E-state index contributed by atoms with van der Waals surface area (Å²) in [6.07, 6.45) is 0.514. The normalized spacial score (nSPS) is 14.3. The molecule has 3 heteroatoms. The fourth-order valence-electron chi connectivity index (χ4n) is 1.37. The topological polar surface area (TPSA) is 29.1 Å². The molecule has 0 heterocycles. The zero-order valence-electron chi connectivity index (χ0n) is 9.10. The Hall–Kier alpha value is -0.960. The number of hydrogen-bond donors (Lipinski definition) is 2. The van der Waals surface area contributed by atoms with Gasteiger partial charge >= 0.3 is 0 Å². The maximum atomic E-state index is 11.2. The molecule has 2 atom stereocenters. The van der Waals surface area contributed by atoms with Gasteiger partial charge < -0.3 is 5.32 Å². The molecule has 0 aliphatic carbocycles. The second kappa shape index (κ2) is 5.81. The molecule has 1 rings (SSSR count). The summed E-state index contributed by atoms with van der Waals surface area (Å²) in [5.41, 5.74) is 1.13. The van der Waals surface area contributed by atoms with Gasteiger partial charge in [-0.15, -0.1) is 0 Å². The lowest BCUT2D eigenvalue weighted by molar-refractivity contribution is -0.121. The second-order valence-electron chi connectivity index (χ2n) is 3.57. The summed E-state index contributed by atoms with van der Waals surface area (Å²) in [4.78, 5) is 11.2. The number of carbonyl (C=O) groups excluding carboxylic acids is 1. The van der Waals surface area contributed by atoms with Gasteiger partial charge in [-0.05, 0) is 12.5 Å². The van der Waals surface area contributed by atoms with Crippen molar-refractivity contribution in [1.82, 2.24) is 5.32 Å². The van der Waals surface area contributed by atoms with Gasteiger partial charge in [0.2, 0.25) is 5.91 Å². The van der Waals surface area contributed by atoms with Crippen LogP contribution in [-0.2, 0) is 4.79 Å². The van der Waals surface area contributed by atoms with E-state index in [2.05, 4.69) is 17.9 Å². The average Bonchev–Trinajstić information content (AvgIpc) is 2.29. The highest BCUT2D eigenvalue weighted by Gasteiger charge is 2.15. The molecule has 1 aromatic carbocycles. The Balaban J connectivity index is 2.61. The summed E-state index contributed by atoms with van der Waals surface area (Å²) < 4.78 is 0. The van der Waals surface area contributed by atoms with Crippen LogP contribution < -0.4 is 5.32 Å². The second-order valence-corrected chi connectivity index (χ2v) is 4.12. The van der Waals surface area contributed by atoms with Gasteiger partial charge in [-0.3, -0.25) is 4.79 Å². The Morgan fingerprint density at radius 3 is 2.53 bits per heavy atom. The fraction of sp³-hybridized carbons (Fsp3) is 0.417. The van der Waals surface area contributed by atoms with Gasteiger partial charge in [0.25, 0.3) is 0 Å². The van der Waals surface area contributed by atoms with Crippen LogP contribution in [0.25, 0.3) is 0 Å². The zero-order chi connectivity index (χ0) is 11.3. The van der Waals surface area contributed by atoms with E-state index in [1.54, 1.807) is 0 Å². The van der Waals surface area contributed by atoms with Gasteiger partial charge in [-0.25, -0.2) is 0 Å². The van der Waals surface area contributed by atoms with Crippen LogP contribution in [0, 0.1) is 0 Å². The number of rotatable bonds is 4. The molecule has 2 nitrogen and oxygen atoms in total. The Bertz CT molecular complexity index is 313. The van der Waals surface area contributed by atoms with Crippen molar-refractivity contribution in [3.05, 3.63) is 35.9 Å². The number of nitrogens with one attached hydrogen (secondary N) is 1. The molecule has 0 bridgehead atoms. The van der Waals surface area contributed by atoms with Crippen molar-refractivity contribution in [2.45, 2.75) is 31.6 Å². The van der Waals surface area contributed by atoms with Gasteiger partial charge in [0.1, 0.15) is 0 Å². The molecule has 0 spiro atoms. The van der Waals surface area contributed by atoms with Crippen LogP contribution in [0.4, 0.5) is 0 Å². The third-order valence-electron chi connectivity index (χ3n) is 2.32. The molecule has 0 fully saturated rings. The first-order valence-electron chi connectivity index (χ1n) is 5.17. The summed E-state index contributed by atoms with van der Waals surface area (Å²) in [5.74, 6) is 0.0671. The smallest absolute Gasteiger partial charge is 0.219 e. The maximum Gasteiger partial charge on any atom is 0.219 e. The fourth-order valence-corrected chi connectivity index (χ4v) is 1.62. The highest BCUT2D eigenvalue weighted by atomic mass is 32.1. The molecule has 0 aromatic heterocycles. The van der Waals surface area contributed by atoms with E-state index in [-0.39, 0.29) is 17.2 Å². The van der Waals surface area contributed by atoms with Gasteiger partial charge in [-0.2, -0.15) is 12.6 Å². The van der Waals surface area contributed by atoms with E-state index >= 15 is 0 Å². The van der Waals surface area contributed by atoms with Crippen molar-refractivity contribution >= 4 is 18.5 Å². The lowest BCUT2D eigenvalue weighted by Gasteiger charge is -2.20. The van der Waals surface area contributed by atoms with E-state index < -0.39 is 0 Å². The SMILES string of the molecule is CCC(=O)NC(C)C(S)c1ccccc1. The predicted molar refractivity (Wildman–Crippen MR) is 66.1 cm³/mol. The molecule has 82 valence electrons. The highest BCUT2D eigenvalue weighted by molar-refractivity contribution is 7.80. The van der Waals surface area contributed by atoms with E-state index in [0.717, 1.165) is 5.56 Å². The molecule has 15 heavy (non-hydrogen) atoms. The minimum absolute atomic E-state index is 0.0432. The number of amides is 1. The van der Waals surface area contributed by atoms with E-state index in [9.17, 15) is 4.79 Å². The van der Waals surface area contributed by atoms with E-state index in [1.165, 1.54) is 0 Å². The maximum absolute atomic E-state index is 11.2. The Kier molecular flexibility index (Phi) is 4.69. The first-order chi connectivity index (χ1) is 7.15. The van der Waals surface area contributed by atoms with Crippen LogP contribution >= 0.6 is 12.6 Å². The highest BCUT2D eigenvalue weighted by Crippen LogP contribution is 2.23. The summed E-state index contributed by atoms with van der Waals surface area (Å²) >= 11 is 4.51. The third-order valence-corrected chi connectivity index (χ3v) is 3.07. The average molecular weight is 223 g/mol. The summed E-state index contributed by atoms with van der Waals surface area (Å²) in [6, 6.07) is 10.0. The summed E-state index contributed by atoms with van der Waals surface area (Å²) in [7, 11) is 0. The van der Waals surface area contributed by atoms with E-state index in [4.69, 9.17) is 0 Å². The third kappa shape index (κ3) is 3.59. The van der Waals surface area contributed by atoms with Crippen LogP contribution in [0.1, 0.15) is 31.1 Å². The monoisotopic (exact) mass is 223 g/mol. The van der Waals surface area contributed by atoms with Crippen molar-refractivity contribution in [1.29, 1.82) is 0 Å². The quantitative estimate of drug-likeness (QED) is 0.755. The van der Waals surface area contributed by atoms with Crippen LogP contribution in [0.15, 0.2) is 30.3 Å². The molecule has 0 radical (unpaired) electrons. The predicted octanol–water partition coefficient (Wildman–Crippen LogP) is 2.57. The molecule has 0 saturated carbocycles. The minimum Gasteiger partial charge on any atom is -0.352 e. The summed E-state index contributed by atoms with van der Waals surface area (Å²) in [5, 5.41) is 2.96. The summed E-state index contributed by atoms with van der Waals surface area (Å²) in [6.45, 7) is 3.82. The zero-order valence-corrected chi connectivity index (χ0v) is 10.00.